The van der Waals surface area contributed by atoms with Gasteiger partial charge in [-0.1, -0.05) is 120 Å². The van der Waals surface area contributed by atoms with Crippen LogP contribution < -0.4 is 0 Å². The first-order chi connectivity index (χ1) is 14.9. The molecule has 0 aromatic heterocycles. The second kappa shape index (κ2) is 16.5. The maximum atomic E-state index is 12.8. The topological polar surface area (TPSA) is 52.6 Å². The van der Waals surface area contributed by atoms with Gasteiger partial charge < -0.3 is 9.47 Å². The van der Waals surface area contributed by atoms with Crippen LogP contribution in [0, 0.1) is 22.7 Å². The summed E-state index contributed by atoms with van der Waals surface area (Å²) in [5.41, 5.74) is -0.174. The van der Waals surface area contributed by atoms with Crippen LogP contribution in [0.5, 0.6) is 0 Å². The van der Waals surface area contributed by atoms with Crippen LogP contribution in [0.2, 0.25) is 0 Å². The van der Waals surface area contributed by atoms with Crippen molar-refractivity contribution in [3.63, 3.8) is 0 Å². The molecule has 0 aliphatic rings. The first kappa shape index (κ1) is 30.9. The number of unbranched alkanes of at least 4 members (excludes halogenated alkanes) is 9. The average Bonchev–Trinajstić information content (AvgIpc) is 2.68. The van der Waals surface area contributed by atoms with E-state index in [1.807, 2.05) is 41.5 Å². The Kier molecular flexibility index (Phi) is 16.0. The predicted octanol–water partition coefficient (Wildman–Crippen LogP) is 8.12. The number of hydrogen-bond acceptors (Lipinski definition) is 4. The Hall–Kier alpha value is -1.06. The summed E-state index contributed by atoms with van der Waals surface area (Å²) in [6, 6.07) is 0. The molecule has 2 unspecified atom stereocenters. The summed E-state index contributed by atoms with van der Waals surface area (Å²) in [5.74, 6) is -0.873. The predicted molar refractivity (Wildman–Crippen MR) is 135 cm³/mol. The van der Waals surface area contributed by atoms with Gasteiger partial charge in [-0.15, -0.1) is 0 Å². The Bertz CT molecular complexity index is 499. The highest BCUT2D eigenvalue weighted by Crippen LogP contribution is 2.26. The van der Waals surface area contributed by atoms with Crippen LogP contribution in [0.15, 0.2) is 0 Å². The van der Waals surface area contributed by atoms with Crippen molar-refractivity contribution in [1.29, 1.82) is 0 Å². The van der Waals surface area contributed by atoms with E-state index >= 15 is 0 Å². The van der Waals surface area contributed by atoms with E-state index in [0.29, 0.717) is 13.2 Å². The van der Waals surface area contributed by atoms with Crippen molar-refractivity contribution < 1.29 is 19.1 Å². The van der Waals surface area contributed by atoms with Crippen LogP contribution in [0.25, 0.3) is 0 Å². The molecule has 0 heterocycles. The first-order valence-electron chi connectivity index (χ1n) is 13.2. The van der Waals surface area contributed by atoms with Gasteiger partial charge in [0.05, 0.1) is 25.6 Å². The Balaban J connectivity index is 4.49. The molecule has 0 bridgehead atoms. The minimum atomic E-state index is -0.427. The van der Waals surface area contributed by atoms with Crippen molar-refractivity contribution in [1.82, 2.24) is 0 Å². The van der Waals surface area contributed by atoms with E-state index in [9.17, 15) is 9.59 Å². The molecule has 0 aromatic rings. The van der Waals surface area contributed by atoms with Crippen LogP contribution in [0.3, 0.4) is 0 Å². The second-order valence-electron chi connectivity index (χ2n) is 12.1. The van der Waals surface area contributed by atoms with Crippen LogP contribution >= 0.6 is 0 Å². The maximum Gasteiger partial charge on any atom is 0.309 e. The summed E-state index contributed by atoms with van der Waals surface area (Å²) in [4.78, 5) is 25.2. The first-order valence-corrected chi connectivity index (χ1v) is 13.2. The molecule has 0 saturated carbocycles. The van der Waals surface area contributed by atoms with E-state index in [4.69, 9.17) is 9.47 Å². The third kappa shape index (κ3) is 18.5. The van der Waals surface area contributed by atoms with Gasteiger partial charge in [-0.25, -0.2) is 0 Å². The summed E-state index contributed by atoms with van der Waals surface area (Å²) in [6.45, 7) is 17.3. The Morgan fingerprint density at radius 2 is 1.12 bits per heavy atom. The van der Waals surface area contributed by atoms with Crippen molar-refractivity contribution in [3.8, 4) is 0 Å². The van der Waals surface area contributed by atoms with Crippen LogP contribution in [-0.2, 0) is 19.1 Å². The Labute approximate surface area is 199 Å². The fourth-order valence-electron chi connectivity index (χ4n) is 3.60. The molecule has 0 saturated heterocycles. The molecular weight excluding hydrogens is 400 g/mol. The molecule has 4 heteroatoms. The molecule has 0 fully saturated rings. The van der Waals surface area contributed by atoms with Crippen LogP contribution in [0.4, 0.5) is 0 Å². The van der Waals surface area contributed by atoms with Crippen molar-refractivity contribution >= 4 is 11.9 Å². The maximum absolute atomic E-state index is 12.8. The Morgan fingerprint density at radius 1 is 0.688 bits per heavy atom. The lowest BCUT2D eigenvalue weighted by Gasteiger charge is -2.25. The number of esters is 2. The van der Waals surface area contributed by atoms with Crippen LogP contribution in [-0.4, -0.2) is 25.2 Å². The fourth-order valence-corrected chi connectivity index (χ4v) is 3.60. The quantitative estimate of drug-likeness (QED) is 0.164. The van der Waals surface area contributed by atoms with Crippen molar-refractivity contribution in [2.24, 2.45) is 22.7 Å². The second-order valence-corrected chi connectivity index (χ2v) is 12.1. The SMILES string of the molecule is CCCCCCCCCCCCC(C)C(CC(=O)OCC(C)(C)C)C(=O)OCC(C)(C)C. The van der Waals surface area contributed by atoms with Gasteiger partial charge in [0.15, 0.2) is 0 Å². The molecule has 4 nitrogen and oxygen atoms in total. The van der Waals surface area contributed by atoms with E-state index < -0.39 is 5.92 Å². The molecule has 0 amide bonds. The molecule has 0 aliphatic heterocycles. The number of ether oxygens (including phenoxy) is 2. The standard InChI is InChI=1S/C28H54O4/c1-9-10-11-12-13-14-15-16-17-18-19-23(2)24(26(30)32-22-28(6,7)8)20-25(29)31-21-27(3,4)5/h23-24H,9-22H2,1-8H3. The van der Waals surface area contributed by atoms with Crippen molar-refractivity contribution in [2.75, 3.05) is 13.2 Å². The average molecular weight is 455 g/mol. The summed E-state index contributed by atoms with van der Waals surface area (Å²) in [7, 11) is 0. The van der Waals surface area contributed by atoms with Gasteiger partial charge in [-0.2, -0.15) is 0 Å². The van der Waals surface area contributed by atoms with Gasteiger partial charge in [0, 0.05) is 0 Å². The highest BCUT2D eigenvalue weighted by atomic mass is 16.5. The molecule has 0 aromatic carbocycles. The summed E-state index contributed by atoms with van der Waals surface area (Å²) in [5, 5.41) is 0. The molecule has 0 rings (SSSR count). The zero-order chi connectivity index (χ0) is 24.6. The lowest BCUT2D eigenvalue weighted by atomic mass is 9.86. The van der Waals surface area contributed by atoms with Gasteiger partial charge in [0.25, 0.3) is 0 Å². The molecule has 0 aliphatic carbocycles. The molecule has 2 atom stereocenters. The van der Waals surface area contributed by atoms with Gasteiger partial charge in [0.1, 0.15) is 0 Å². The van der Waals surface area contributed by atoms with Gasteiger partial charge in [-0.05, 0) is 23.2 Å². The van der Waals surface area contributed by atoms with Gasteiger partial charge in [-0.3, -0.25) is 9.59 Å². The number of hydrogen-bond donors (Lipinski definition) is 0. The number of rotatable bonds is 17. The number of carbonyl (C=O) groups is 2. The molecular formula is C28H54O4. The largest absolute Gasteiger partial charge is 0.465 e. The minimum absolute atomic E-state index is 0.0838. The van der Waals surface area contributed by atoms with Crippen molar-refractivity contribution in [2.45, 2.75) is 132 Å². The smallest absolute Gasteiger partial charge is 0.309 e. The molecule has 0 N–H and O–H groups in total. The third-order valence-electron chi connectivity index (χ3n) is 5.70. The van der Waals surface area contributed by atoms with Gasteiger partial charge >= 0.3 is 11.9 Å². The summed E-state index contributed by atoms with van der Waals surface area (Å²) < 4.78 is 11.0. The lowest BCUT2D eigenvalue weighted by molar-refractivity contribution is -0.160. The molecule has 0 spiro atoms. The molecule has 32 heavy (non-hydrogen) atoms. The van der Waals surface area contributed by atoms with E-state index in [-0.39, 0.29) is 35.1 Å². The Morgan fingerprint density at radius 3 is 1.59 bits per heavy atom. The fraction of sp³-hybridized carbons (Fsp3) is 0.929. The van der Waals surface area contributed by atoms with E-state index in [0.717, 1.165) is 12.8 Å². The monoisotopic (exact) mass is 454 g/mol. The zero-order valence-electron chi connectivity index (χ0n) is 22.7. The minimum Gasteiger partial charge on any atom is -0.465 e. The van der Waals surface area contributed by atoms with Crippen LogP contribution in [0.1, 0.15) is 132 Å². The van der Waals surface area contributed by atoms with Gasteiger partial charge in [0.2, 0.25) is 0 Å². The van der Waals surface area contributed by atoms with E-state index in [1.54, 1.807) is 0 Å². The molecule has 0 radical (unpaired) electrons. The van der Waals surface area contributed by atoms with Crippen molar-refractivity contribution in [3.05, 3.63) is 0 Å². The lowest BCUT2D eigenvalue weighted by Crippen LogP contribution is -2.31. The third-order valence-corrected chi connectivity index (χ3v) is 5.70. The van der Waals surface area contributed by atoms with E-state index in [1.165, 1.54) is 57.8 Å². The highest BCUT2D eigenvalue weighted by molar-refractivity contribution is 5.80. The summed E-state index contributed by atoms with van der Waals surface area (Å²) in [6.07, 6.45) is 14.0. The number of carbonyl (C=O) groups excluding carboxylic acids is 2. The molecule has 190 valence electrons. The zero-order valence-corrected chi connectivity index (χ0v) is 22.7. The summed E-state index contributed by atoms with van der Waals surface area (Å²) >= 11 is 0. The normalized spacial score (nSPS) is 14.1. The van der Waals surface area contributed by atoms with E-state index in [2.05, 4.69) is 13.8 Å². The highest BCUT2D eigenvalue weighted by Gasteiger charge is 2.31.